The highest BCUT2D eigenvalue weighted by Crippen LogP contribution is 2.35. The fourth-order valence-electron chi connectivity index (χ4n) is 10.7. The quantitative estimate of drug-likeness (QED) is 0.0328. The Labute approximate surface area is 501 Å². The van der Waals surface area contributed by atoms with E-state index in [0.717, 1.165) is 193 Å². The maximum Gasteiger partial charge on any atom is 0.306 e. The summed E-state index contributed by atoms with van der Waals surface area (Å²) >= 11 is 0. The van der Waals surface area contributed by atoms with Gasteiger partial charge in [-0.3, -0.25) is 28.8 Å². The SMILES string of the molecule is CCCCCCCCC(=O)OC[C@H]1O[C@@H](O)[C@H](OC(=O)CCCCCCCC)[C@@H](O)[C@@H]1O[C@@H]1O[C@H](COC(=O)CCCCCCCC)[C@@H](OC(=O)CCCCCCCC)[C@H](OC(=O)CCCCCCCC)[C@H]1OC(=O)CCCCCCCC. The van der Waals surface area contributed by atoms with E-state index >= 15 is 0 Å². The Hall–Kier alpha value is -3.38. The number of unbranched alkanes of at least 4 members (excludes halogenated alkanes) is 30. The van der Waals surface area contributed by atoms with E-state index in [4.69, 9.17) is 42.6 Å². The highest BCUT2D eigenvalue weighted by molar-refractivity contribution is 5.72. The number of ether oxygens (including phenoxy) is 9. The number of hydrogen-bond acceptors (Lipinski definition) is 17. The van der Waals surface area contributed by atoms with Crippen LogP contribution in [0.15, 0.2) is 0 Å². The van der Waals surface area contributed by atoms with Gasteiger partial charge in [0.25, 0.3) is 0 Å². The molecule has 2 N–H and O–H groups in total. The van der Waals surface area contributed by atoms with Gasteiger partial charge in [0.05, 0.1) is 0 Å². The number of esters is 6. The second-order valence-corrected chi connectivity index (χ2v) is 23.5. The molecule has 2 rings (SSSR count). The minimum absolute atomic E-state index is 0.00515. The summed E-state index contributed by atoms with van der Waals surface area (Å²) < 4.78 is 55.7. The molecule has 0 radical (unpaired) electrons. The summed E-state index contributed by atoms with van der Waals surface area (Å²) in [6, 6.07) is 0. The normalized spacial score (nSPS) is 22.4. The molecule has 0 unspecified atom stereocenters. The molecule has 0 aromatic rings. The van der Waals surface area contributed by atoms with Gasteiger partial charge in [-0.15, -0.1) is 0 Å². The van der Waals surface area contributed by atoms with E-state index in [9.17, 15) is 39.0 Å². The van der Waals surface area contributed by atoms with Gasteiger partial charge in [-0.05, 0) is 38.5 Å². The van der Waals surface area contributed by atoms with Crippen LogP contribution >= 0.6 is 0 Å². The van der Waals surface area contributed by atoms with Crippen LogP contribution in [0.2, 0.25) is 0 Å². The summed E-state index contributed by atoms with van der Waals surface area (Å²) in [5.74, 6) is -3.71. The average Bonchev–Trinajstić information content (AvgIpc) is 3.67. The molecule has 0 saturated carbocycles. The zero-order valence-electron chi connectivity index (χ0n) is 52.9. The second-order valence-electron chi connectivity index (χ2n) is 23.5. The zero-order chi connectivity index (χ0) is 60.7. The van der Waals surface area contributed by atoms with Gasteiger partial charge in [0, 0.05) is 38.5 Å². The Morgan fingerprint density at radius 1 is 0.301 bits per heavy atom. The molecule has 2 aliphatic rings. The smallest absolute Gasteiger partial charge is 0.306 e. The molecule has 484 valence electrons. The third kappa shape index (κ3) is 35.1. The summed E-state index contributed by atoms with van der Waals surface area (Å²) in [5.41, 5.74) is 0. The van der Waals surface area contributed by atoms with Crippen molar-refractivity contribution in [2.45, 2.75) is 373 Å². The fraction of sp³-hybridized carbons (Fsp3) is 0.909. The van der Waals surface area contributed by atoms with Crippen LogP contribution < -0.4 is 0 Å². The lowest BCUT2D eigenvalue weighted by Gasteiger charge is -2.47. The molecule has 2 fully saturated rings. The maximum atomic E-state index is 14.2. The largest absolute Gasteiger partial charge is 0.463 e. The van der Waals surface area contributed by atoms with Gasteiger partial charge in [0.1, 0.15) is 37.6 Å². The van der Waals surface area contributed by atoms with Gasteiger partial charge in [0.2, 0.25) is 0 Å². The third-order valence-electron chi connectivity index (χ3n) is 15.8. The Balaban J connectivity index is 2.75. The van der Waals surface area contributed by atoms with Gasteiger partial charge in [-0.25, -0.2) is 0 Å². The van der Waals surface area contributed by atoms with Crippen molar-refractivity contribution in [1.29, 1.82) is 0 Å². The van der Waals surface area contributed by atoms with Crippen molar-refractivity contribution in [2.75, 3.05) is 13.2 Å². The zero-order valence-corrected chi connectivity index (χ0v) is 52.9. The number of carbonyl (C=O) groups is 6. The van der Waals surface area contributed by atoms with Crippen LogP contribution in [0.5, 0.6) is 0 Å². The van der Waals surface area contributed by atoms with Crippen molar-refractivity contribution < 1.29 is 81.6 Å². The molecule has 2 aliphatic heterocycles. The van der Waals surface area contributed by atoms with Gasteiger partial charge >= 0.3 is 35.8 Å². The Kier molecular flexibility index (Phi) is 45.3. The van der Waals surface area contributed by atoms with Gasteiger partial charge in [0.15, 0.2) is 37.0 Å². The number of aliphatic hydroxyl groups excluding tert-OH is 2. The maximum absolute atomic E-state index is 14.2. The highest BCUT2D eigenvalue weighted by atomic mass is 16.8. The Bertz CT molecular complexity index is 1680. The number of hydrogen-bond donors (Lipinski definition) is 2. The fourth-order valence-corrected chi connectivity index (χ4v) is 10.7. The van der Waals surface area contributed by atoms with E-state index in [1.54, 1.807) is 0 Å². The van der Waals surface area contributed by atoms with Crippen molar-refractivity contribution >= 4 is 35.8 Å². The van der Waals surface area contributed by atoms with E-state index in [0.29, 0.717) is 38.5 Å². The summed E-state index contributed by atoms with van der Waals surface area (Å²) in [6.07, 6.45) is 16.6. The predicted molar refractivity (Wildman–Crippen MR) is 320 cm³/mol. The molecule has 83 heavy (non-hydrogen) atoms. The van der Waals surface area contributed by atoms with Crippen molar-refractivity contribution in [3.05, 3.63) is 0 Å². The average molecular weight is 1180 g/mol. The topological polar surface area (TPSA) is 226 Å². The molecule has 10 atom stereocenters. The third-order valence-corrected chi connectivity index (χ3v) is 15.8. The molecule has 0 aliphatic carbocycles. The molecule has 0 aromatic heterocycles. The van der Waals surface area contributed by atoms with Crippen LogP contribution in [-0.2, 0) is 71.4 Å². The Morgan fingerprint density at radius 3 is 0.904 bits per heavy atom. The van der Waals surface area contributed by atoms with E-state index in [1.165, 1.54) is 0 Å². The summed E-state index contributed by atoms with van der Waals surface area (Å²) in [7, 11) is 0. The minimum Gasteiger partial charge on any atom is -0.463 e. The van der Waals surface area contributed by atoms with E-state index < -0.39 is 110 Å². The first-order chi connectivity index (χ1) is 40.3. The van der Waals surface area contributed by atoms with Crippen molar-refractivity contribution in [2.24, 2.45) is 0 Å². The van der Waals surface area contributed by atoms with Crippen molar-refractivity contribution in [3.63, 3.8) is 0 Å². The minimum atomic E-state index is -1.89. The number of rotatable bonds is 52. The first-order valence-corrected chi connectivity index (χ1v) is 33.7. The second kappa shape index (κ2) is 49.7. The van der Waals surface area contributed by atoms with Gasteiger partial charge in [-0.1, -0.05) is 234 Å². The predicted octanol–water partition coefficient (Wildman–Crippen LogP) is 14.4. The summed E-state index contributed by atoms with van der Waals surface area (Å²) in [4.78, 5) is 82.6. The molecule has 2 heterocycles. The van der Waals surface area contributed by atoms with Crippen LogP contribution in [-0.4, -0.2) is 121 Å². The lowest BCUT2D eigenvalue weighted by atomic mass is 9.96. The van der Waals surface area contributed by atoms with E-state index in [1.807, 2.05) is 0 Å². The molecular weight excluding hydrogens is 1060 g/mol. The molecular formula is C66H118O17. The number of carbonyl (C=O) groups excluding carboxylic acids is 6. The first-order valence-electron chi connectivity index (χ1n) is 33.7. The van der Waals surface area contributed by atoms with E-state index in [2.05, 4.69) is 41.5 Å². The Morgan fingerprint density at radius 2 is 0.566 bits per heavy atom. The molecule has 0 amide bonds. The summed E-state index contributed by atoms with van der Waals surface area (Å²) in [5, 5.41) is 23.8. The summed E-state index contributed by atoms with van der Waals surface area (Å²) in [6.45, 7) is 11.8. The van der Waals surface area contributed by atoms with Crippen molar-refractivity contribution in [1.82, 2.24) is 0 Å². The monoisotopic (exact) mass is 1180 g/mol. The standard InChI is InChI=1S/C66H118O17/c1-7-13-19-25-31-37-43-53(67)75-49-51-60(59(73)62(65(74)77-51)80-56(70)46-40-34-28-22-16-10-4)83-66-64(82-58(72)48-42-36-30-24-18-12-6)63(81-57(71)47-41-35-29-23-17-11-5)61(79-55(69)45-39-33-27-21-15-9-3)52(78-66)50-76-54(68)44-38-32-26-20-14-8-2/h51-52,59-66,73-74H,7-50H2,1-6H3/t51-,52-,59+,60-,61-,62-,63+,64-,65-,66+/m1/s1. The van der Waals surface area contributed by atoms with Crippen LogP contribution in [0.25, 0.3) is 0 Å². The van der Waals surface area contributed by atoms with Gasteiger partial charge in [-0.2, -0.15) is 0 Å². The lowest BCUT2D eigenvalue weighted by Crippen LogP contribution is -2.66. The molecule has 17 nitrogen and oxygen atoms in total. The van der Waals surface area contributed by atoms with E-state index in [-0.39, 0.29) is 38.5 Å². The highest BCUT2D eigenvalue weighted by Gasteiger charge is 2.56. The number of aliphatic hydroxyl groups is 2. The molecule has 0 aromatic carbocycles. The lowest BCUT2D eigenvalue weighted by molar-refractivity contribution is -0.357. The van der Waals surface area contributed by atoms with Crippen molar-refractivity contribution in [3.8, 4) is 0 Å². The molecule has 2 saturated heterocycles. The molecule has 17 heteroatoms. The first kappa shape index (κ1) is 75.7. The van der Waals surface area contributed by atoms with Gasteiger partial charge < -0.3 is 52.8 Å². The molecule has 0 spiro atoms. The van der Waals surface area contributed by atoms with Crippen LogP contribution in [0.3, 0.4) is 0 Å². The van der Waals surface area contributed by atoms with Crippen LogP contribution in [0.4, 0.5) is 0 Å². The van der Waals surface area contributed by atoms with Crippen LogP contribution in [0.1, 0.15) is 311 Å². The molecule has 0 bridgehead atoms. The van der Waals surface area contributed by atoms with Crippen LogP contribution in [0, 0.1) is 0 Å².